The average molecular weight is 284 g/mol. The predicted octanol–water partition coefficient (Wildman–Crippen LogP) is 1.83. The number of amides is 1. The Morgan fingerprint density at radius 1 is 1.63 bits per heavy atom. The Morgan fingerprint density at radius 3 is 3.16 bits per heavy atom. The molecule has 1 aromatic heterocycles. The van der Waals surface area contributed by atoms with Crippen LogP contribution in [-0.2, 0) is 9.53 Å². The molecule has 2 N–H and O–H groups in total. The summed E-state index contributed by atoms with van der Waals surface area (Å²) in [6.45, 7) is 3.52. The molecule has 0 spiro atoms. The molecule has 2 unspecified atom stereocenters. The lowest BCUT2D eigenvalue weighted by Gasteiger charge is -2.11. The van der Waals surface area contributed by atoms with Crippen molar-refractivity contribution in [1.82, 2.24) is 10.3 Å². The van der Waals surface area contributed by atoms with Crippen LogP contribution in [0.1, 0.15) is 19.8 Å². The van der Waals surface area contributed by atoms with Crippen molar-refractivity contribution >= 4 is 23.3 Å². The second kappa shape index (κ2) is 6.84. The first-order valence-corrected chi connectivity index (χ1v) is 6.84. The molecule has 1 amide bonds. The van der Waals surface area contributed by atoms with E-state index in [1.165, 1.54) is 6.20 Å². The number of aromatic nitrogens is 1. The van der Waals surface area contributed by atoms with E-state index in [0.717, 1.165) is 13.0 Å². The molecule has 1 aliphatic heterocycles. The van der Waals surface area contributed by atoms with Gasteiger partial charge in [-0.05, 0) is 25.0 Å². The van der Waals surface area contributed by atoms with Crippen molar-refractivity contribution in [3.05, 3.63) is 23.4 Å². The van der Waals surface area contributed by atoms with Gasteiger partial charge in [-0.3, -0.25) is 4.79 Å². The van der Waals surface area contributed by atoms with Gasteiger partial charge in [-0.1, -0.05) is 18.5 Å². The van der Waals surface area contributed by atoms with Crippen LogP contribution in [0.15, 0.2) is 18.3 Å². The summed E-state index contributed by atoms with van der Waals surface area (Å²) < 4.78 is 5.62. The van der Waals surface area contributed by atoms with Gasteiger partial charge >= 0.3 is 0 Å². The summed E-state index contributed by atoms with van der Waals surface area (Å²) in [5.74, 6) is 0.423. The number of anilines is 1. The minimum Gasteiger partial charge on any atom is -0.377 e. The molecular weight excluding hydrogens is 266 g/mol. The summed E-state index contributed by atoms with van der Waals surface area (Å²) in [6.07, 6.45) is 3.31. The fourth-order valence-electron chi connectivity index (χ4n) is 1.98. The molecule has 1 aromatic rings. The number of hydrogen-bond acceptors (Lipinski definition) is 4. The molecule has 0 aliphatic carbocycles. The second-order valence-electron chi connectivity index (χ2n) is 4.54. The Balaban J connectivity index is 1.82. The fourth-order valence-corrected chi connectivity index (χ4v) is 2.09. The SMILES string of the molecule is CCCOC1CNC(C(=O)Nc2ccc(Cl)cn2)C1. The van der Waals surface area contributed by atoms with Crippen LogP contribution >= 0.6 is 11.6 Å². The normalized spacial score (nSPS) is 22.4. The van der Waals surface area contributed by atoms with Crippen LogP contribution < -0.4 is 10.6 Å². The summed E-state index contributed by atoms with van der Waals surface area (Å²) in [5, 5.41) is 6.46. The largest absolute Gasteiger partial charge is 0.377 e. The van der Waals surface area contributed by atoms with Crippen LogP contribution in [0.5, 0.6) is 0 Å². The Kier molecular flexibility index (Phi) is 5.13. The molecule has 0 aromatic carbocycles. The van der Waals surface area contributed by atoms with Gasteiger partial charge in [0, 0.05) is 19.3 Å². The molecule has 0 radical (unpaired) electrons. The van der Waals surface area contributed by atoms with Crippen LogP contribution in [-0.4, -0.2) is 36.2 Å². The minimum atomic E-state index is -0.223. The molecule has 0 saturated carbocycles. The van der Waals surface area contributed by atoms with Crippen molar-refractivity contribution in [3.8, 4) is 0 Å². The highest BCUT2D eigenvalue weighted by molar-refractivity contribution is 6.30. The van der Waals surface area contributed by atoms with Gasteiger partial charge in [0.05, 0.1) is 17.2 Å². The maximum Gasteiger partial charge on any atom is 0.242 e. The van der Waals surface area contributed by atoms with E-state index in [-0.39, 0.29) is 18.1 Å². The molecule has 2 heterocycles. The van der Waals surface area contributed by atoms with E-state index < -0.39 is 0 Å². The van der Waals surface area contributed by atoms with Crippen LogP contribution in [0.3, 0.4) is 0 Å². The second-order valence-corrected chi connectivity index (χ2v) is 4.98. The first-order chi connectivity index (χ1) is 9.19. The number of carbonyl (C=O) groups is 1. The Labute approximate surface area is 117 Å². The smallest absolute Gasteiger partial charge is 0.242 e. The number of carbonyl (C=O) groups excluding carboxylic acids is 1. The highest BCUT2D eigenvalue weighted by Crippen LogP contribution is 2.14. The zero-order chi connectivity index (χ0) is 13.7. The van der Waals surface area contributed by atoms with E-state index in [4.69, 9.17) is 16.3 Å². The van der Waals surface area contributed by atoms with Crippen LogP contribution in [0.4, 0.5) is 5.82 Å². The quantitative estimate of drug-likeness (QED) is 0.865. The maximum atomic E-state index is 12.0. The molecule has 1 saturated heterocycles. The number of rotatable bonds is 5. The molecule has 104 valence electrons. The summed E-state index contributed by atoms with van der Waals surface area (Å²) in [6, 6.07) is 3.15. The molecular formula is C13H18ClN3O2. The Hall–Kier alpha value is -1.17. The maximum absolute atomic E-state index is 12.0. The van der Waals surface area contributed by atoms with Gasteiger partial charge in [-0.25, -0.2) is 4.98 Å². The minimum absolute atomic E-state index is 0.0857. The zero-order valence-electron chi connectivity index (χ0n) is 10.9. The molecule has 0 bridgehead atoms. The topological polar surface area (TPSA) is 63.2 Å². The van der Waals surface area contributed by atoms with E-state index in [2.05, 4.69) is 22.5 Å². The van der Waals surface area contributed by atoms with E-state index in [0.29, 0.717) is 23.8 Å². The Bertz CT molecular complexity index is 424. The van der Waals surface area contributed by atoms with Crippen LogP contribution in [0.25, 0.3) is 0 Å². The van der Waals surface area contributed by atoms with Crippen molar-refractivity contribution in [3.63, 3.8) is 0 Å². The first kappa shape index (κ1) is 14.2. The average Bonchev–Trinajstić information content (AvgIpc) is 2.88. The monoisotopic (exact) mass is 283 g/mol. The third kappa shape index (κ3) is 4.16. The third-order valence-corrected chi connectivity index (χ3v) is 3.17. The van der Waals surface area contributed by atoms with E-state index in [1.54, 1.807) is 12.1 Å². The molecule has 19 heavy (non-hydrogen) atoms. The fraction of sp³-hybridized carbons (Fsp3) is 0.538. The zero-order valence-corrected chi connectivity index (χ0v) is 11.6. The van der Waals surface area contributed by atoms with Crippen molar-refractivity contribution < 1.29 is 9.53 Å². The van der Waals surface area contributed by atoms with Gasteiger partial charge in [-0.15, -0.1) is 0 Å². The van der Waals surface area contributed by atoms with Gasteiger partial charge in [0.25, 0.3) is 0 Å². The Morgan fingerprint density at radius 2 is 2.47 bits per heavy atom. The van der Waals surface area contributed by atoms with E-state index in [1.807, 2.05) is 0 Å². The lowest BCUT2D eigenvalue weighted by atomic mass is 10.2. The van der Waals surface area contributed by atoms with Gasteiger partial charge in [0.15, 0.2) is 0 Å². The molecule has 2 rings (SSSR count). The van der Waals surface area contributed by atoms with Crippen LogP contribution in [0.2, 0.25) is 5.02 Å². The molecule has 5 nitrogen and oxygen atoms in total. The van der Waals surface area contributed by atoms with Gasteiger partial charge < -0.3 is 15.4 Å². The van der Waals surface area contributed by atoms with Gasteiger partial charge in [0.1, 0.15) is 5.82 Å². The number of halogens is 1. The van der Waals surface area contributed by atoms with Crippen molar-refractivity contribution in [2.45, 2.75) is 31.9 Å². The molecule has 2 atom stereocenters. The van der Waals surface area contributed by atoms with Crippen molar-refractivity contribution in [2.24, 2.45) is 0 Å². The highest BCUT2D eigenvalue weighted by atomic mass is 35.5. The summed E-state index contributed by atoms with van der Waals surface area (Å²) in [7, 11) is 0. The van der Waals surface area contributed by atoms with Crippen molar-refractivity contribution in [1.29, 1.82) is 0 Å². The highest BCUT2D eigenvalue weighted by Gasteiger charge is 2.29. The summed E-state index contributed by atoms with van der Waals surface area (Å²) >= 11 is 5.74. The number of hydrogen-bond donors (Lipinski definition) is 2. The number of ether oxygens (including phenoxy) is 1. The van der Waals surface area contributed by atoms with E-state index in [9.17, 15) is 4.79 Å². The van der Waals surface area contributed by atoms with Crippen LogP contribution in [0, 0.1) is 0 Å². The summed E-state index contributed by atoms with van der Waals surface area (Å²) in [4.78, 5) is 16.1. The number of nitrogens with zero attached hydrogens (tertiary/aromatic N) is 1. The number of pyridine rings is 1. The number of nitrogens with one attached hydrogen (secondary N) is 2. The summed E-state index contributed by atoms with van der Waals surface area (Å²) in [5.41, 5.74) is 0. The first-order valence-electron chi connectivity index (χ1n) is 6.46. The van der Waals surface area contributed by atoms with Gasteiger partial charge in [0.2, 0.25) is 5.91 Å². The molecule has 1 aliphatic rings. The van der Waals surface area contributed by atoms with E-state index >= 15 is 0 Å². The van der Waals surface area contributed by atoms with Crippen molar-refractivity contribution in [2.75, 3.05) is 18.5 Å². The lowest BCUT2D eigenvalue weighted by molar-refractivity contribution is -0.118. The third-order valence-electron chi connectivity index (χ3n) is 2.94. The predicted molar refractivity (Wildman–Crippen MR) is 74.3 cm³/mol. The molecule has 6 heteroatoms. The van der Waals surface area contributed by atoms with Gasteiger partial charge in [-0.2, -0.15) is 0 Å². The lowest BCUT2D eigenvalue weighted by Crippen LogP contribution is -2.35. The standard InChI is InChI=1S/C13H18ClN3O2/c1-2-5-19-10-6-11(15-8-10)13(18)17-12-4-3-9(14)7-16-12/h3-4,7,10-11,15H,2,5-6,8H2,1H3,(H,16,17,18). The molecule has 1 fully saturated rings.